The second-order valence-electron chi connectivity index (χ2n) is 4.14. The van der Waals surface area contributed by atoms with E-state index in [9.17, 15) is 4.79 Å². The van der Waals surface area contributed by atoms with Crippen LogP contribution in [0.15, 0.2) is 28.4 Å². The van der Waals surface area contributed by atoms with Crippen LogP contribution in [0, 0.1) is 0 Å². The molecule has 0 radical (unpaired) electrons. The lowest BCUT2D eigenvalue weighted by molar-refractivity contribution is 0.378. The summed E-state index contributed by atoms with van der Waals surface area (Å²) in [6.45, 7) is 0.137. The highest BCUT2D eigenvalue weighted by atomic mass is 32.1. The lowest BCUT2D eigenvalue weighted by atomic mass is 10.4. The van der Waals surface area contributed by atoms with Crippen LogP contribution in [0.2, 0.25) is 0 Å². The molecule has 0 spiro atoms. The van der Waals surface area contributed by atoms with Crippen LogP contribution in [0.25, 0.3) is 10.2 Å². The summed E-state index contributed by atoms with van der Waals surface area (Å²) in [7, 11) is 1.49. The van der Waals surface area contributed by atoms with E-state index in [1.54, 1.807) is 0 Å². The van der Waals surface area contributed by atoms with Crippen molar-refractivity contribution in [1.29, 1.82) is 0 Å². The van der Waals surface area contributed by atoms with Crippen LogP contribution in [0.4, 0.5) is 5.82 Å². The second-order valence-corrected chi connectivity index (χ2v) is 5.04. The SMILES string of the molecule is COc1ccc(=O)n(Cc2nc(NN)c3ccsc3n2)n1. The fourth-order valence-corrected chi connectivity index (χ4v) is 2.65. The van der Waals surface area contributed by atoms with Crippen LogP contribution in [-0.4, -0.2) is 26.9 Å². The fraction of sp³-hybridized carbons (Fsp3) is 0.167. The third kappa shape index (κ3) is 2.56. The van der Waals surface area contributed by atoms with Gasteiger partial charge in [0.05, 0.1) is 12.5 Å². The van der Waals surface area contributed by atoms with Crippen molar-refractivity contribution in [2.45, 2.75) is 6.54 Å². The molecule has 21 heavy (non-hydrogen) atoms. The maximum Gasteiger partial charge on any atom is 0.267 e. The van der Waals surface area contributed by atoms with Gasteiger partial charge in [-0.15, -0.1) is 16.4 Å². The van der Waals surface area contributed by atoms with E-state index in [-0.39, 0.29) is 12.1 Å². The zero-order chi connectivity index (χ0) is 14.8. The molecule has 0 aliphatic carbocycles. The molecule has 0 aliphatic rings. The van der Waals surface area contributed by atoms with Crippen molar-refractivity contribution in [3.63, 3.8) is 0 Å². The number of nitrogens with zero attached hydrogens (tertiary/aromatic N) is 4. The third-order valence-corrected chi connectivity index (χ3v) is 3.66. The Morgan fingerprint density at radius 2 is 2.24 bits per heavy atom. The van der Waals surface area contributed by atoms with Crippen molar-refractivity contribution in [3.05, 3.63) is 39.8 Å². The van der Waals surface area contributed by atoms with Crippen molar-refractivity contribution >= 4 is 27.4 Å². The van der Waals surface area contributed by atoms with E-state index in [4.69, 9.17) is 10.6 Å². The molecular weight excluding hydrogens is 292 g/mol. The Morgan fingerprint density at radius 3 is 3.00 bits per heavy atom. The molecule has 3 heterocycles. The van der Waals surface area contributed by atoms with E-state index in [0.29, 0.717) is 17.5 Å². The van der Waals surface area contributed by atoms with Crippen molar-refractivity contribution in [2.24, 2.45) is 5.84 Å². The number of anilines is 1. The van der Waals surface area contributed by atoms with Crippen LogP contribution in [0.5, 0.6) is 5.88 Å². The van der Waals surface area contributed by atoms with Gasteiger partial charge < -0.3 is 10.2 Å². The summed E-state index contributed by atoms with van der Waals surface area (Å²) < 4.78 is 6.25. The number of hydrogen-bond donors (Lipinski definition) is 2. The minimum atomic E-state index is -0.257. The fourth-order valence-electron chi connectivity index (χ4n) is 1.87. The number of ether oxygens (including phenoxy) is 1. The van der Waals surface area contributed by atoms with Crippen LogP contribution >= 0.6 is 11.3 Å². The summed E-state index contributed by atoms with van der Waals surface area (Å²) in [5, 5.41) is 6.81. The van der Waals surface area contributed by atoms with Crippen LogP contribution in [-0.2, 0) is 6.54 Å². The first-order chi connectivity index (χ1) is 10.2. The first-order valence-corrected chi connectivity index (χ1v) is 6.92. The Balaban J connectivity index is 2.03. The van der Waals surface area contributed by atoms with Crippen molar-refractivity contribution < 1.29 is 4.74 Å². The first kappa shape index (κ1) is 13.5. The molecule has 0 fully saturated rings. The van der Waals surface area contributed by atoms with Gasteiger partial charge in [0, 0.05) is 12.1 Å². The molecule has 3 aromatic rings. The highest BCUT2D eigenvalue weighted by molar-refractivity contribution is 7.16. The van der Waals surface area contributed by atoms with Gasteiger partial charge in [0.25, 0.3) is 5.56 Å². The van der Waals surface area contributed by atoms with Crippen LogP contribution < -0.4 is 21.6 Å². The Labute approximate surface area is 123 Å². The number of rotatable bonds is 4. The summed E-state index contributed by atoms with van der Waals surface area (Å²) in [5.41, 5.74) is 2.29. The molecule has 8 nitrogen and oxygen atoms in total. The number of hydrogen-bond acceptors (Lipinski definition) is 8. The molecule has 0 aromatic carbocycles. The molecule has 0 saturated carbocycles. The molecule has 0 bridgehead atoms. The van der Waals surface area contributed by atoms with Gasteiger partial charge in [0.2, 0.25) is 5.88 Å². The van der Waals surface area contributed by atoms with E-state index in [2.05, 4.69) is 20.5 Å². The maximum atomic E-state index is 11.8. The van der Waals surface area contributed by atoms with E-state index >= 15 is 0 Å². The molecule has 3 N–H and O–H groups in total. The smallest absolute Gasteiger partial charge is 0.267 e. The number of nitrogens with two attached hydrogens (primary N) is 1. The van der Waals surface area contributed by atoms with Crippen LogP contribution in [0.1, 0.15) is 5.82 Å². The predicted molar refractivity (Wildman–Crippen MR) is 79.4 cm³/mol. The molecule has 0 aliphatic heterocycles. The van der Waals surface area contributed by atoms with Gasteiger partial charge in [-0.1, -0.05) is 0 Å². The van der Waals surface area contributed by atoms with Crippen molar-refractivity contribution in [2.75, 3.05) is 12.5 Å². The summed E-state index contributed by atoms with van der Waals surface area (Å²) in [4.78, 5) is 21.3. The summed E-state index contributed by atoms with van der Waals surface area (Å²) >= 11 is 1.47. The van der Waals surface area contributed by atoms with Crippen molar-refractivity contribution in [1.82, 2.24) is 19.7 Å². The maximum absolute atomic E-state index is 11.8. The zero-order valence-corrected chi connectivity index (χ0v) is 11.9. The Morgan fingerprint density at radius 1 is 1.38 bits per heavy atom. The molecule has 108 valence electrons. The first-order valence-electron chi connectivity index (χ1n) is 6.04. The van der Waals surface area contributed by atoms with Gasteiger partial charge in [-0.3, -0.25) is 4.79 Å². The average molecular weight is 304 g/mol. The topological polar surface area (TPSA) is 108 Å². The summed E-state index contributed by atoms with van der Waals surface area (Å²) in [6.07, 6.45) is 0. The number of nitrogen functional groups attached to an aromatic ring is 1. The standard InChI is InChI=1S/C12H12N6O2S/c1-20-9-2-3-10(19)18(17-9)6-8-14-11(16-13)7-4-5-21-12(7)15-8/h2-5H,6,13H2,1H3,(H,14,15,16). The highest BCUT2D eigenvalue weighted by Crippen LogP contribution is 2.24. The number of hydrazine groups is 1. The minimum Gasteiger partial charge on any atom is -0.480 e. The quantitative estimate of drug-likeness (QED) is 0.536. The number of fused-ring (bicyclic) bond motifs is 1. The lowest BCUT2D eigenvalue weighted by Crippen LogP contribution is -2.24. The Bertz CT molecular complexity index is 843. The molecule has 3 rings (SSSR count). The predicted octanol–water partition coefficient (Wildman–Crippen LogP) is 0.590. The highest BCUT2D eigenvalue weighted by Gasteiger charge is 2.10. The molecule has 9 heteroatoms. The van der Waals surface area contributed by atoms with Gasteiger partial charge in [0.15, 0.2) is 11.6 Å². The van der Waals surface area contributed by atoms with E-state index in [1.807, 2.05) is 11.4 Å². The van der Waals surface area contributed by atoms with Crippen LogP contribution in [0.3, 0.4) is 0 Å². The van der Waals surface area contributed by atoms with E-state index < -0.39 is 0 Å². The van der Waals surface area contributed by atoms with E-state index in [1.165, 1.54) is 35.3 Å². The summed E-state index contributed by atoms with van der Waals surface area (Å²) in [6, 6.07) is 4.78. The number of aromatic nitrogens is 4. The average Bonchev–Trinajstić information content (AvgIpc) is 2.97. The molecular formula is C12H12N6O2S. The number of nitrogens with one attached hydrogen (secondary N) is 1. The Hall–Kier alpha value is -2.52. The second kappa shape index (κ2) is 5.46. The number of methoxy groups -OCH3 is 1. The molecule has 0 saturated heterocycles. The molecule has 0 amide bonds. The van der Waals surface area contributed by atoms with Crippen molar-refractivity contribution in [3.8, 4) is 5.88 Å². The zero-order valence-electron chi connectivity index (χ0n) is 11.1. The number of thiophene rings is 1. The van der Waals surface area contributed by atoms with E-state index in [0.717, 1.165) is 10.2 Å². The monoisotopic (exact) mass is 304 g/mol. The van der Waals surface area contributed by atoms with Gasteiger partial charge >= 0.3 is 0 Å². The Kier molecular flexibility index (Phi) is 3.50. The lowest BCUT2D eigenvalue weighted by Gasteiger charge is -2.07. The summed E-state index contributed by atoms with van der Waals surface area (Å²) in [5.74, 6) is 6.79. The van der Waals surface area contributed by atoms with Gasteiger partial charge in [0.1, 0.15) is 11.4 Å². The largest absolute Gasteiger partial charge is 0.480 e. The van der Waals surface area contributed by atoms with Gasteiger partial charge in [-0.25, -0.2) is 20.5 Å². The molecule has 3 aromatic heterocycles. The molecule has 0 atom stereocenters. The van der Waals surface area contributed by atoms with Gasteiger partial charge in [-0.05, 0) is 11.4 Å². The normalized spacial score (nSPS) is 10.8. The third-order valence-electron chi connectivity index (χ3n) is 2.85. The molecule has 0 unspecified atom stereocenters. The van der Waals surface area contributed by atoms with Gasteiger partial charge in [-0.2, -0.15) is 0 Å². The minimum absolute atomic E-state index is 0.137.